The van der Waals surface area contributed by atoms with Crippen LogP contribution in [0.25, 0.3) is 0 Å². The molecule has 1 N–H and O–H groups in total. The second kappa shape index (κ2) is 5.98. The standard InChI is InChI=1S/C15H20FNO/c1-2-3-4-5-6-8-12-11-9-7-10-13(16)14(11)17-15(12)18/h7,9-10,12H,2-6,8H2,1H3,(H,17,18). The summed E-state index contributed by atoms with van der Waals surface area (Å²) in [6, 6.07) is 4.92. The molecule has 3 heteroatoms. The molecule has 2 nitrogen and oxygen atoms in total. The highest BCUT2D eigenvalue weighted by Gasteiger charge is 2.31. The molecular formula is C15H20FNO. The second-order valence-electron chi connectivity index (χ2n) is 4.95. The predicted molar refractivity (Wildman–Crippen MR) is 71.1 cm³/mol. The Balaban J connectivity index is 1.94. The number of carbonyl (C=O) groups is 1. The summed E-state index contributed by atoms with van der Waals surface area (Å²) >= 11 is 0. The minimum Gasteiger partial charge on any atom is -0.323 e. The molecule has 0 aliphatic carbocycles. The van der Waals surface area contributed by atoms with Crippen molar-refractivity contribution in [2.24, 2.45) is 0 Å². The Labute approximate surface area is 108 Å². The molecule has 18 heavy (non-hydrogen) atoms. The zero-order valence-electron chi connectivity index (χ0n) is 10.8. The van der Waals surface area contributed by atoms with Crippen molar-refractivity contribution in [3.8, 4) is 0 Å². The van der Waals surface area contributed by atoms with Crippen LogP contribution in [0, 0.1) is 5.82 Å². The van der Waals surface area contributed by atoms with E-state index in [1.807, 2.05) is 6.07 Å². The summed E-state index contributed by atoms with van der Waals surface area (Å²) in [5.74, 6) is -0.530. The van der Waals surface area contributed by atoms with Crippen LogP contribution in [0.1, 0.15) is 56.9 Å². The van der Waals surface area contributed by atoms with Crippen molar-refractivity contribution >= 4 is 11.6 Å². The Bertz CT molecular complexity index is 431. The zero-order chi connectivity index (χ0) is 13.0. The molecule has 1 aliphatic rings. The highest BCUT2D eigenvalue weighted by molar-refractivity contribution is 6.02. The Kier molecular flexibility index (Phi) is 4.34. The van der Waals surface area contributed by atoms with E-state index in [-0.39, 0.29) is 17.6 Å². The van der Waals surface area contributed by atoms with Gasteiger partial charge in [0, 0.05) is 0 Å². The summed E-state index contributed by atoms with van der Waals surface area (Å²) in [7, 11) is 0. The monoisotopic (exact) mass is 249 g/mol. The van der Waals surface area contributed by atoms with Gasteiger partial charge in [0.1, 0.15) is 5.82 Å². The zero-order valence-corrected chi connectivity index (χ0v) is 10.8. The third-order valence-corrected chi connectivity index (χ3v) is 3.58. The minimum atomic E-state index is -0.325. The van der Waals surface area contributed by atoms with Crippen molar-refractivity contribution < 1.29 is 9.18 Å². The lowest BCUT2D eigenvalue weighted by Gasteiger charge is -2.08. The Morgan fingerprint density at radius 2 is 2.00 bits per heavy atom. The molecule has 1 heterocycles. The lowest BCUT2D eigenvalue weighted by molar-refractivity contribution is -0.117. The quantitative estimate of drug-likeness (QED) is 0.751. The van der Waals surface area contributed by atoms with Crippen molar-refractivity contribution in [3.63, 3.8) is 0 Å². The summed E-state index contributed by atoms with van der Waals surface area (Å²) in [6.07, 6.45) is 6.71. The maximum atomic E-state index is 13.5. The molecule has 98 valence electrons. The van der Waals surface area contributed by atoms with E-state index in [0.29, 0.717) is 5.69 Å². The summed E-state index contributed by atoms with van der Waals surface area (Å²) in [4.78, 5) is 11.8. The van der Waals surface area contributed by atoms with Gasteiger partial charge in [-0.25, -0.2) is 4.39 Å². The number of hydrogen-bond donors (Lipinski definition) is 1. The number of anilines is 1. The van der Waals surface area contributed by atoms with Gasteiger partial charge in [-0.15, -0.1) is 0 Å². The van der Waals surface area contributed by atoms with E-state index in [2.05, 4.69) is 12.2 Å². The number of fused-ring (bicyclic) bond motifs is 1. The third kappa shape index (κ3) is 2.71. The van der Waals surface area contributed by atoms with Crippen LogP contribution in [0.5, 0.6) is 0 Å². The van der Waals surface area contributed by atoms with Crippen LogP contribution < -0.4 is 5.32 Å². The molecule has 2 rings (SSSR count). The number of para-hydroxylation sites is 1. The third-order valence-electron chi connectivity index (χ3n) is 3.58. The van der Waals surface area contributed by atoms with Gasteiger partial charge in [-0.1, -0.05) is 51.2 Å². The number of halogens is 1. The summed E-state index contributed by atoms with van der Waals surface area (Å²) in [6.45, 7) is 2.18. The van der Waals surface area contributed by atoms with E-state index in [0.717, 1.165) is 24.8 Å². The van der Waals surface area contributed by atoms with Crippen molar-refractivity contribution in [2.75, 3.05) is 5.32 Å². The number of nitrogens with one attached hydrogen (secondary N) is 1. The van der Waals surface area contributed by atoms with Gasteiger partial charge in [0.05, 0.1) is 11.6 Å². The highest BCUT2D eigenvalue weighted by Crippen LogP contribution is 2.37. The number of carbonyl (C=O) groups excluding carboxylic acids is 1. The van der Waals surface area contributed by atoms with Crippen molar-refractivity contribution in [1.82, 2.24) is 0 Å². The van der Waals surface area contributed by atoms with Gasteiger partial charge in [-0.3, -0.25) is 4.79 Å². The first-order valence-electron chi connectivity index (χ1n) is 6.83. The molecule has 1 unspecified atom stereocenters. The molecule has 0 radical (unpaired) electrons. The molecule has 0 spiro atoms. The highest BCUT2D eigenvalue weighted by atomic mass is 19.1. The molecule has 0 fully saturated rings. The fourth-order valence-electron chi connectivity index (χ4n) is 2.55. The molecule has 1 atom stereocenters. The van der Waals surface area contributed by atoms with E-state index in [9.17, 15) is 9.18 Å². The van der Waals surface area contributed by atoms with Crippen LogP contribution in [0.4, 0.5) is 10.1 Å². The van der Waals surface area contributed by atoms with Crippen LogP contribution in [-0.4, -0.2) is 5.91 Å². The lowest BCUT2D eigenvalue weighted by atomic mass is 9.94. The van der Waals surface area contributed by atoms with Gasteiger partial charge < -0.3 is 5.32 Å². The largest absolute Gasteiger partial charge is 0.323 e. The summed E-state index contributed by atoms with van der Waals surface area (Å²) in [5.41, 5.74) is 1.22. The van der Waals surface area contributed by atoms with E-state index < -0.39 is 0 Å². The smallest absolute Gasteiger partial charge is 0.232 e. The molecule has 1 aromatic rings. The predicted octanol–water partition coefficient (Wildman–Crippen LogP) is 4.22. The fraction of sp³-hybridized carbons (Fsp3) is 0.533. The van der Waals surface area contributed by atoms with E-state index in [1.54, 1.807) is 6.07 Å². The van der Waals surface area contributed by atoms with Crippen LogP contribution in [0.15, 0.2) is 18.2 Å². The molecule has 0 saturated heterocycles. The SMILES string of the molecule is CCCCCCCC1C(=O)Nc2c(F)cccc21. The first kappa shape index (κ1) is 13.1. The molecule has 1 aliphatic heterocycles. The van der Waals surface area contributed by atoms with E-state index >= 15 is 0 Å². The van der Waals surface area contributed by atoms with Crippen LogP contribution in [0.2, 0.25) is 0 Å². The maximum absolute atomic E-state index is 13.5. The number of unbranched alkanes of at least 4 members (excludes halogenated alkanes) is 4. The number of rotatable bonds is 6. The average Bonchev–Trinajstić information content (AvgIpc) is 2.68. The minimum absolute atomic E-state index is 0.0504. The first-order valence-corrected chi connectivity index (χ1v) is 6.83. The van der Waals surface area contributed by atoms with Crippen LogP contribution in [0.3, 0.4) is 0 Å². The molecule has 1 aromatic carbocycles. The maximum Gasteiger partial charge on any atom is 0.232 e. The van der Waals surface area contributed by atoms with E-state index in [4.69, 9.17) is 0 Å². The number of benzene rings is 1. The van der Waals surface area contributed by atoms with Crippen molar-refractivity contribution in [1.29, 1.82) is 0 Å². The van der Waals surface area contributed by atoms with E-state index in [1.165, 1.54) is 25.3 Å². The molecule has 0 aromatic heterocycles. The van der Waals surface area contributed by atoms with Gasteiger partial charge in [0.25, 0.3) is 0 Å². The number of amides is 1. The first-order chi connectivity index (χ1) is 8.74. The average molecular weight is 249 g/mol. The van der Waals surface area contributed by atoms with Gasteiger partial charge in [-0.2, -0.15) is 0 Å². The second-order valence-corrected chi connectivity index (χ2v) is 4.95. The Hall–Kier alpha value is -1.38. The summed E-state index contributed by atoms with van der Waals surface area (Å²) in [5, 5.41) is 2.65. The topological polar surface area (TPSA) is 29.1 Å². The molecule has 1 amide bonds. The van der Waals surface area contributed by atoms with Crippen molar-refractivity contribution in [2.45, 2.75) is 51.4 Å². The van der Waals surface area contributed by atoms with Gasteiger partial charge in [-0.05, 0) is 18.1 Å². The Morgan fingerprint density at radius 1 is 1.22 bits per heavy atom. The Morgan fingerprint density at radius 3 is 2.78 bits per heavy atom. The molecule has 0 bridgehead atoms. The van der Waals surface area contributed by atoms with Gasteiger partial charge in [0.2, 0.25) is 5.91 Å². The van der Waals surface area contributed by atoms with Gasteiger partial charge in [0.15, 0.2) is 0 Å². The van der Waals surface area contributed by atoms with Gasteiger partial charge >= 0.3 is 0 Å². The van der Waals surface area contributed by atoms with Crippen LogP contribution >= 0.6 is 0 Å². The fourth-order valence-corrected chi connectivity index (χ4v) is 2.55. The summed E-state index contributed by atoms with van der Waals surface area (Å²) < 4.78 is 13.5. The normalized spacial score (nSPS) is 17.7. The molecular weight excluding hydrogens is 229 g/mol. The van der Waals surface area contributed by atoms with Crippen LogP contribution in [-0.2, 0) is 4.79 Å². The van der Waals surface area contributed by atoms with Crippen molar-refractivity contribution in [3.05, 3.63) is 29.6 Å². The number of hydrogen-bond acceptors (Lipinski definition) is 1. The molecule has 0 saturated carbocycles. The lowest BCUT2D eigenvalue weighted by Crippen LogP contribution is -2.12.